The van der Waals surface area contributed by atoms with Crippen LogP contribution in [0.4, 0.5) is 5.69 Å². The van der Waals surface area contributed by atoms with Gasteiger partial charge in [-0.2, -0.15) is 0 Å². The number of rotatable bonds is 6. The second kappa shape index (κ2) is 5.97. The lowest BCUT2D eigenvalue weighted by atomic mass is 10.1. The molecule has 0 saturated heterocycles. The number of ether oxygens (including phenoxy) is 1. The first-order chi connectivity index (χ1) is 9.86. The van der Waals surface area contributed by atoms with Gasteiger partial charge in [0.1, 0.15) is 5.75 Å². The summed E-state index contributed by atoms with van der Waals surface area (Å²) in [4.78, 5) is 5.58. The van der Waals surface area contributed by atoms with Gasteiger partial charge in [0.05, 0.1) is 19.4 Å². The number of methoxy groups -OCH3 is 1. The highest BCUT2D eigenvalue weighted by Crippen LogP contribution is 2.47. The van der Waals surface area contributed by atoms with Crippen LogP contribution in [0.25, 0.3) is 0 Å². The Kier molecular flexibility index (Phi) is 3.88. The lowest BCUT2D eigenvalue weighted by Crippen LogP contribution is -2.05. The molecule has 0 bridgehead atoms. The molecule has 1 saturated carbocycles. The summed E-state index contributed by atoms with van der Waals surface area (Å²) in [6.45, 7) is 0.742. The van der Waals surface area contributed by atoms with Crippen LogP contribution < -0.4 is 10.2 Å². The second-order valence-electron chi connectivity index (χ2n) is 5.15. The first kappa shape index (κ1) is 13.0. The van der Waals surface area contributed by atoms with Crippen LogP contribution in [-0.2, 0) is 4.84 Å². The van der Waals surface area contributed by atoms with Crippen molar-refractivity contribution in [1.82, 2.24) is 0 Å². The van der Waals surface area contributed by atoms with Crippen molar-refractivity contribution in [3.8, 4) is 5.75 Å². The zero-order valence-corrected chi connectivity index (χ0v) is 11.6. The third-order valence-corrected chi connectivity index (χ3v) is 3.73. The summed E-state index contributed by atoms with van der Waals surface area (Å²) < 4.78 is 5.12. The monoisotopic (exact) mass is 269 g/mol. The molecule has 2 aromatic rings. The van der Waals surface area contributed by atoms with Crippen molar-refractivity contribution in [2.24, 2.45) is 5.92 Å². The number of nitrogens with one attached hydrogen (secondary N) is 1. The molecule has 2 atom stereocenters. The molecule has 0 spiro atoms. The summed E-state index contributed by atoms with van der Waals surface area (Å²) in [5, 5.41) is 0. The van der Waals surface area contributed by atoms with Gasteiger partial charge in [-0.1, -0.05) is 30.3 Å². The first-order valence-electron chi connectivity index (χ1n) is 6.93. The third kappa shape index (κ3) is 3.11. The molecule has 1 N–H and O–H groups in total. The smallest absolute Gasteiger partial charge is 0.119 e. The Morgan fingerprint density at radius 2 is 1.80 bits per heavy atom. The molecular weight excluding hydrogens is 250 g/mol. The SMILES string of the molecule is COc1ccc(NOCC2CC2c2ccccc2)cc1. The predicted molar refractivity (Wildman–Crippen MR) is 79.9 cm³/mol. The van der Waals surface area contributed by atoms with Crippen molar-refractivity contribution < 1.29 is 9.57 Å². The molecular formula is C17H19NO2. The molecule has 3 rings (SSSR count). The number of hydrogen-bond acceptors (Lipinski definition) is 3. The van der Waals surface area contributed by atoms with E-state index in [2.05, 4.69) is 35.8 Å². The van der Waals surface area contributed by atoms with E-state index in [9.17, 15) is 0 Å². The van der Waals surface area contributed by atoms with Crippen LogP contribution in [0, 0.1) is 5.92 Å². The van der Waals surface area contributed by atoms with Crippen molar-refractivity contribution in [2.45, 2.75) is 12.3 Å². The topological polar surface area (TPSA) is 30.5 Å². The van der Waals surface area contributed by atoms with E-state index in [1.54, 1.807) is 7.11 Å². The molecule has 2 unspecified atom stereocenters. The Balaban J connectivity index is 1.43. The average molecular weight is 269 g/mol. The van der Waals surface area contributed by atoms with Crippen LogP contribution in [0.15, 0.2) is 54.6 Å². The second-order valence-corrected chi connectivity index (χ2v) is 5.15. The number of benzene rings is 2. The van der Waals surface area contributed by atoms with E-state index in [1.807, 2.05) is 24.3 Å². The summed E-state index contributed by atoms with van der Waals surface area (Å²) in [5.41, 5.74) is 5.35. The summed E-state index contributed by atoms with van der Waals surface area (Å²) in [6.07, 6.45) is 1.22. The fraction of sp³-hybridized carbons (Fsp3) is 0.294. The van der Waals surface area contributed by atoms with Gasteiger partial charge in [-0.3, -0.25) is 10.3 Å². The van der Waals surface area contributed by atoms with E-state index in [0.717, 1.165) is 18.0 Å². The Bertz CT molecular complexity index is 539. The van der Waals surface area contributed by atoms with Gasteiger partial charge < -0.3 is 4.74 Å². The van der Waals surface area contributed by atoms with Crippen LogP contribution >= 0.6 is 0 Å². The van der Waals surface area contributed by atoms with E-state index < -0.39 is 0 Å². The lowest BCUT2D eigenvalue weighted by Gasteiger charge is -2.07. The maximum absolute atomic E-state index is 5.58. The minimum Gasteiger partial charge on any atom is -0.497 e. The standard InChI is InChI=1S/C17H19NO2/c1-19-16-9-7-15(8-10-16)18-20-12-14-11-17(14)13-5-3-2-4-6-13/h2-10,14,17-18H,11-12H2,1H3. The maximum atomic E-state index is 5.58. The highest BCUT2D eigenvalue weighted by atomic mass is 16.6. The summed E-state index contributed by atoms with van der Waals surface area (Å²) in [5.74, 6) is 2.14. The molecule has 20 heavy (non-hydrogen) atoms. The molecule has 1 aliphatic rings. The summed E-state index contributed by atoms with van der Waals surface area (Å²) in [6, 6.07) is 18.4. The van der Waals surface area contributed by atoms with Crippen molar-refractivity contribution in [3.05, 3.63) is 60.2 Å². The molecule has 0 amide bonds. The van der Waals surface area contributed by atoms with Gasteiger partial charge in [-0.15, -0.1) is 0 Å². The van der Waals surface area contributed by atoms with Gasteiger partial charge in [-0.05, 0) is 48.1 Å². The normalized spacial score (nSPS) is 20.4. The van der Waals surface area contributed by atoms with Gasteiger partial charge in [0.25, 0.3) is 0 Å². The quantitative estimate of drug-likeness (QED) is 0.808. The van der Waals surface area contributed by atoms with Crippen molar-refractivity contribution in [3.63, 3.8) is 0 Å². The van der Waals surface area contributed by atoms with E-state index in [1.165, 1.54) is 12.0 Å². The fourth-order valence-electron chi connectivity index (χ4n) is 2.43. The molecule has 3 nitrogen and oxygen atoms in total. The molecule has 0 aromatic heterocycles. The molecule has 1 fully saturated rings. The van der Waals surface area contributed by atoms with Gasteiger partial charge in [-0.25, -0.2) is 0 Å². The molecule has 0 heterocycles. The molecule has 0 aliphatic heterocycles. The Morgan fingerprint density at radius 3 is 2.50 bits per heavy atom. The summed E-state index contributed by atoms with van der Waals surface area (Å²) in [7, 11) is 1.66. The van der Waals surface area contributed by atoms with Crippen molar-refractivity contribution in [2.75, 3.05) is 19.2 Å². The molecule has 2 aromatic carbocycles. The van der Waals surface area contributed by atoms with Gasteiger partial charge in [0, 0.05) is 0 Å². The van der Waals surface area contributed by atoms with Crippen molar-refractivity contribution in [1.29, 1.82) is 0 Å². The predicted octanol–water partition coefficient (Wildman–Crippen LogP) is 3.84. The molecule has 3 heteroatoms. The molecule has 0 radical (unpaired) electrons. The first-order valence-corrected chi connectivity index (χ1v) is 6.93. The van der Waals surface area contributed by atoms with Gasteiger partial charge >= 0.3 is 0 Å². The Hall–Kier alpha value is -2.00. The summed E-state index contributed by atoms with van der Waals surface area (Å²) >= 11 is 0. The zero-order chi connectivity index (χ0) is 13.8. The van der Waals surface area contributed by atoms with Crippen molar-refractivity contribution >= 4 is 5.69 Å². The van der Waals surface area contributed by atoms with E-state index in [0.29, 0.717) is 11.8 Å². The third-order valence-electron chi connectivity index (χ3n) is 3.73. The zero-order valence-electron chi connectivity index (χ0n) is 11.6. The minimum absolute atomic E-state index is 0.628. The number of anilines is 1. The van der Waals surface area contributed by atoms with Gasteiger partial charge in [0.15, 0.2) is 0 Å². The lowest BCUT2D eigenvalue weighted by molar-refractivity contribution is 0.180. The largest absolute Gasteiger partial charge is 0.497 e. The van der Waals surface area contributed by atoms with E-state index in [-0.39, 0.29) is 0 Å². The van der Waals surface area contributed by atoms with E-state index in [4.69, 9.17) is 9.57 Å². The van der Waals surface area contributed by atoms with Crippen LogP contribution in [0.3, 0.4) is 0 Å². The highest BCUT2D eigenvalue weighted by Gasteiger charge is 2.38. The minimum atomic E-state index is 0.628. The Labute approximate surface area is 119 Å². The van der Waals surface area contributed by atoms with Crippen LogP contribution in [0.2, 0.25) is 0 Å². The van der Waals surface area contributed by atoms with E-state index >= 15 is 0 Å². The van der Waals surface area contributed by atoms with Crippen LogP contribution in [-0.4, -0.2) is 13.7 Å². The number of hydrogen-bond donors (Lipinski definition) is 1. The maximum Gasteiger partial charge on any atom is 0.119 e. The fourth-order valence-corrected chi connectivity index (χ4v) is 2.43. The highest BCUT2D eigenvalue weighted by molar-refractivity contribution is 5.44. The molecule has 104 valence electrons. The molecule has 1 aliphatic carbocycles. The van der Waals surface area contributed by atoms with Crippen LogP contribution in [0.1, 0.15) is 17.9 Å². The van der Waals surface area contributed by atoms with Gasteiger partial charge in [0.2, 0.25) is 0 Å². The Morgan fingerprint density at radius 1 is 1.05 bits per heavy atom. The van der Waals surface area contributed by atoms with Crippen LogP contribution in [0.5, 0.6) is 5.75 Å². The average Bonchev–Trinajstić information content (AvgIpc) is 3.28.